The van der Waals surface area contributed by atoms with Crippen molar-refractivity contribution in [2.75, 3.05) is 11.9 Å². The van der Waals surface area contributed by atoms with Crippen LogP contribution in [0.2, 0.25) is 0 Å². The molecule has 1 heterocycles. The highest BCUT2D eigenvalue weighted by Crippen LogP contribution is 2.29. The summed E-state index contributed by atoms with van der Waals surface area (Å²) in [5.41, 5.74) is 2.88. The van der Waals surface area contributed by atoms with Gasteiger partial charge in [-0.2, -0.15) is 0 Å². The average molecular weight is 415 g/mol. The third-order valence-corrected chi connectivity index (χ3v) is 5.63. The molecule has 0 spiro atoms. The molecular formula is C26H26N2O3. The summed E-state index contributed by atoms with van der Waals surface area (Å²) in [6, 6.07) is 24.9. The number of hydrogen-bond acceptors (Lipinski definition) is 3. The topological polar surface area (TPSA) is 58.6 Å². The molecule has 0 aliphatic carbocycles. The summed E-state index contributed by atoms with van der Waals surface area (Å²) in [6.07, 6.45) is 0.234. The van der Waals surface area contributed by atoms with Gasteiger partial charge in [0.25, 0.3) is 0 Å². The van der Waals surface area contributed by atoms with E-state index in [4.69, 9.17) is 4.74 Å². The molecular weight excluding hydrogens is 388 g/mol. The van der Waals surface area contributed by atoms with Crippen molar-refractivity contribution in [2.24, 2.45) is 5.92 Å². The first-order valence-electron chi connectivity index (χ1n) is 10.5. The molecule has 1 N–H and O–H groups in total. The highest BCUT2D eigenvalue weighted by Gasteiger charge is 2.37. The van der Waals surface area contributed by atoms with E-state index in [1.807, 2.05) is 92.7 Å². The van der Waals surface area contributed by atoms with Gasteiger partial charge < -0.3 is 15.0 Å². The van der Waals surface area contributed by atoms with Crippen molar-refractivity contribution in [1.29, 1.82) is 0 Å². The van der Waals surface area contributed by atoms with Crippen LogP contribution in [0.3, 0.4) is 0 Å². The molecule has 4 rings (SSSR count). The van der Waals surface area contributed by atoms with Crippen molar-refractivity contribution in [2.45, 2.75) is 26.3 Å². The normalized spacial score (nSPS) is 16.8. The van der Waals surface area contributed by atoms with Gasteiger partial charge in [0.2, 0.25) is 11.8 Å². The highest BCUT2D eigenvalue weighted by molar-refractivity contribution is 5.97. The fourth-order valence-corrected chi connectivity index (χ4v) is 3.86. The lowest BCUT2D eigenvalue weighted by atomic mass is 10.1. The van der Waals surface area contributed by atoms with Gasteiger partial charge in [-0.15, -0.1) is 0 Å². The van der Waals surface area contributed by atoms with Gasteiger partial charge in [0.05, 0.1) is 12.0 Å². The van der Waals surface area contributed by atoms with Crippen LogP contribution in [-0.2, 0) is 9.59 Å². The van der Waals surface area contributed by atoms with Crippen molar-refractivity contribution in [3.8, 4) is 11.5 Å². The summed E-state index contributed by atoms with van der Waals surface area (Å²) >= 11 is 0. The Balaban J connectivity index is 1.35. The van der Waals surface area contributed by atoms with Gasteiger partial charge >= 0.3 is 0 Å². The van der Waals surface area contributed by atoms with E-state index in [2.05, 4.69) is 5.32 Å². The average Bonchev–Trinajstić information content (AvgIpc) is 3.17. The minimum Gasteiger partial charge on any atom is -0.457 e. The van der Waals surface area contributed by atoms with Crippen molar-refractivity contribution < 1.29 is 14.3 Å². The zero-order chi connectivity index (χ0) is 21.8. The summed E-state index contributed by atoms with van der Waals surface area (Å²) in [6.45, 7) is 4.44. The molecule has 2 amide bonds. The Morgan fingerprint density at radius 2 is 1.74 bits per heavy atom. The predicted octanol–water partition coefficient (Wildman–Crippen LogP) is 5.34. The number of ether oxygens (including phenoxy) is 1. The van der Waals surface area contributed by atoms with E-state index in [9.17, 15) is 9.59 Å². The molecule has 0 saturated carbocycles. The summed E-state index contributed by atoms with van der Waals surface area (Å²) in [7, 11) is 0. The molecule has 1 saturated heterocycles. The molecule has 158 valence electrons. The van der Waals surface area contributed by atoms with Gasteiger partial charge in [0.15, 0.2) is 0 Å². The van der Waals surface area contributed by atoms with E-state index in [1.165, 1.54) is 0 Å². The van der Waals surface area contributed by atoms with E-state index in [-0.39, 0.29) is 30.2 Å². The maximum absolute atomic E-state index is 12.8. The quantitative estimate of drug-likeness (QED) is 0.593. The summed E-state index contributed by atoms with van der Waals surface area (Å²) in [4.78, 5) is 27.1. The lowest BCUT2D eigenvalue weighted by molar-refractivity contribution is -0.129. The Morgan fingerprint density at radius 3 is 2.45 bits per heavy atom. The Bertz CT molecular complexity index is 1060. The second-order valence-electron chi connectivity index (χ2n) is 7.97. The van der Waals surface area contributed by atoms with Gasteiger partial charge in [0.1, 0.15) is 11.5 Å². The number of nitrogens with zero attached hydrogens (tertiary/aromatic N) is 1. The smallest absolute Gasteiger partial charge is 0.229 e. The maximum Gasteiger partial charge on any atom is 0.229 e. The molecule has 3 aromatic carbocycles. The molecule has 1 aliphatic heterocycles. The number of rotatable bonds is 6. The van der Waals surface area contributed by atoms with Gasteiger partial charge in [-0.05, 0) is 61.4 Å². The van der Waals surface area contributed by atoms with Crippen LogP contribution in [0.4, 0.5) is 5.69 Å². The van der Waals surface area contributed by atoms with E-state index in [0.29, 0.717) is 18.0 Å². The van der Waals surface area contributed by atoms with Crippen LogP contribution in [0.1, 0.15) is 30.5 Å². The summed E-state index contributed by atoms with van der Waals surface area (Å²) in [5, 5.41) is 2.93. The van der Waals surface area contributed by atoms with Gasteiger partial charge in [-0.1, -0.05) is 42.5 Å². The molecule has 0 unspecified atom stereocenters. The number of anilines is 1. The first kappa shape index (κ1) is 20.7. The first-order chi connectivity index (χ1) is 15.0. The summed E-state index contributed by atoms with van der Waals surface area (Å²) < 4.78 is 5.85. The number of carbonyl (C=O) groups excluding carboxylic acids is 2. The van der Waals surface area contributed by atoms with Crippen LogP contribution in [0.25, 0.3) is 0 Å². The first-order valence-corrected chi connectivity index (χ1v) is 10.5. The Hall–Kier alpha value is -3.60. The number of aryl methyl sites for hydroxylation is 1. The Kier molecular flexibility index (Phi) is 6.03. The molecule has 0 aromatic heterocycles. The minimum atomic E-state index is -0.359. The lowest BCUT2D eigenvalue weighted by Gasteiger charge is -2.25. The van der Waals surface area contributed by atoms with Crippen LogP contribution in [0.5, 0.6) is 11.5 Å². The van der Waals surface area contributed by atoms with E-state index in [0.717, 1.165) is 16.9 Å². The molecule has 1 aliphatic rings. The number of likely N-dealkylation sites (tertiary alicyclic amines) is 1. The van der Waals surface area contributed by atoms with Crippen molar-refractivity contribution in [1.82, 2.24) is 4.90 Å². The lowest BCUT2D eigenvalue weighted by Crippen LogP contribution is -2.30. The van der Waals surface area contributed by atoms with Crippen LogP contribution in [0, 0.1) is 12.8 Å². The third kappa shape index (κ3) is 4.94. The third-order valence-electron chi connectivity index (χ3n) is 5.63. The van der Waals surface area contributed by atoms with E-state index < -0.39 is 0 Å². The molecule has 5 heteroatoms. The Morgan fingerprint density at radius 1 is 1.00 bits per heavy atom. The zero-order valence-corrected chi connectivity index (χ0v) is 17.7. The summed E-state index contributed by atoms with van der Waals surface area (Å²) in [5.74, 6) is 0.986. The maximum atomic E-state index is 12.8. The predicted molar refractivity (Wildman–Crippen MR) is 121 cm³/mol. The van der Waals surface area contributed by atoms with E-state index >= 15 is 0 Å². The largest absolute Gasteiger partial charge is 0.457 e. The fraction of sp³-hybridized carbons (Fsp3) is 0.231. The van der Waals surface area contributed by atoms with Gasteiger partial charge in [-0.25, -0.2) is 0 Å². The molecule has 0 radical (unpaired) electrons. The van der Waals surface area contributed by atoms with Gasteiger partial charge in [0, 0.05) is 18.7 Å². The molecule has 31 heavy (non-hydrogen) atoms. The van der Waals surface area contributed by atoms with Crippen LogP contribution in [0.15, 0.2) is 78.9 Å². The monoisotopic (exact) mass is 414 g/mol. The molecule has 1 fully saturated rings. The van der Waals surface area contributed by atoms with Crippen LogP contribution >= 0.6 is 0 Å². The number of amides is 2. The molecule has 0 bridgehead atoms. The molecule has 3 aromatic rings. The zero-order valence-electron chi connectivity index (χ0n) is 17.7. The number of benzene rings is 3. The number of nitrogens with one attached hydrogen (secondary N) is 1. The van der Waals surface area contributed by atoms with Crippen molar-refractivity contribution >= 4 is 17.5 Å². The van der Waals surface area contributed by atoms with Crippen LogP contribution in [-0.4, -0.2) is 23.3 Å². The fourth-order valence-electron chi connectivity index (χ4n) is 3.86. The molecule has 5 nitrogen and oxygen atoms in total. The second kappa shape index (κ2) is 9.04. The SMILES string of the molecule is Cc1cccc(Oc2ccc(NC(=O)[C@@H]3CC(=O)N([C@H](C)c4ccccc4)C3)cc2)c1. The van der Waals surface area contributed by atoms with Crippen LogP contribution < -0.4 is 10.1 Å². The Labute approximate surface area is 182 Å². The second-order valence-corrected chi connectivity index (χ2v) is 7.97. The standard InChI is InChI=1S/C26H26N2O3/c1-18-7-6-10-24(15-18)31-23-13-11-22(12-14-23)27-26(30)21-16-25(29)28(17-21)19(2)20-8-4-3-5-9-20/h3-15,19,21H,16-17H2,1-2H3,(H,27,30)/t19-,21-/m1/s1. The van der Waals surface area contributed by atoms with Gasteiger partial charge in [-0.3, -0.25) is 9.59 Å². The van der Waals surface area contributed by atoms with E-state index in [1.54, 1.807) is 4.90 Å². The molecule has 2 atom stereocenters. The van der Waals surface area contributed by atoms with Crippen molar-refractivity contribution in [3.05, 3.63) is 90.0 Å². The highest BCUT2D eigenvalue weighted by atomic mass is 16.5. The number of hydrogen-bond donors (Lipinski definition) is 1. The minimum absolute atomic E-state index is 0.0124. The number of carbonyl (C=O) groups is 2. The van der Waals surface area contributed by atoms with Crippen molar-refractivity contribution in [3.63, 3.8) is 0 Å².